The molecule has 0 aliphatic heterocycles. The third-order valence-electron chi connectivity index (χ3n) is 2.61. The van der Waals surface area contributed by atoms with Gasteiger partial charge in [-0.15, -0.1) is 0 Å². The summed E-state index contributed by atoms with van der Waals surface area (Å²) < 4.78 is 5.61. The number of nitrogens with one attached hydrogen (secondary N) is 1. The predicted octanol–water partition coefficient (Wildman–Crippen LogP) is 3.79. The summed E-state index contributed by atoms with van der Waals surface area (Å²) in [7, 11) is 0. The standard InChI is InChI=1S/C14H16ClNO/c1-2-13-7-8-14(17-13)10-16-9-11-3-5-12(15)6-4-11/h3-8,16H,2,9-10H2,1H3. The van der Waals surface area contributed by atoms with Gasteiger partial charge in [0.25, 0.3) is 0 Å². The summed E-state index contributed by atoms with van der Waals surface area (Å²) in [4.78, 5) is 0. The molecule has 0 aliphatic rings. The molecule has 2 nitrogen and oxygen atoms in total. The molecule has 0 atom stereocenters. The van der Waals surface area contributed by atoms with Gasteiger partial charge in [-0.05, 0) is 29.8 Å². The molecule has 0 amide bonds. The lowest BCUT2D eigenvalue weighted by molar-refractivity contribution is 0.450. The summed E-state index contributed by atoms with van der Waals surface area (Å²) in [6.45, 7) is 3.66. The van der Waals surface area contributed by atoms with Crippen LogP contribution >= 0.6 is 11.6 Å². The van der Waals surface area contributed by atoms with Crippen LogP contribution in [0.2, 0.25) is 5.02 Å². The molecule has 0 saturated heterocycles. The van der Waals surface area contributed by atoms with Gasteiger partial charge in [-0.3, -0.25) is 0 Å². The van der Waals surface area contributed by atoms with Crippen LogP contribution in [-0.4, -0.2) is 0 Å². The first-order valence-corrected chi connectivity index (χ1v) is 6.18. The van der Waals surface area contributed by atoms with Crippen molar-refractivity contribution in [3.8, 4) is 0 Å². The molecule has 0 saturated carbocycles. The van der Waals surface area contributed by atoms with E-state index in [-0.39, 0.29) is 0 Å². The Morgan fingerprint density at radius 3 is 2.35 bits per heavy atom. The van der Waals surface area contributed by atoms with Crippen molar-refractivity contribution in [2.24, 2.45) is 0 Å². The van der Waals surface area contributed by atoms with Crippen molar-refractivity contribution in [2.75, 3.05) is 0 Å². The van der Waals surface area contributed by atoms with E-state index in [1.807, 2.05) is 36.4 Å². The van der Waals surface area contributed by atoms with Crippen LogP contribution in [0.4, 0.5) is 0 Å². The lowest BCUT2D eigenvalue weighted by Gasteiger charge is -2.03. The minimum absolute atomic E-state index is 0.753. The number of hydrogen-bond donors (Lipinski definition) is 1. The number of hydrogen-bond acceptors (Lipinski definition) is 2. The van der Waals surface area contributed by atoms with Crippen molar-refractivity contribution in [3.05, 3.63) is 58.5 Å². The Hall–Kier alpha value is -1.25. The molecule has 2 rings (SSSR count). The summed E-state index contributed by atoms with van der Waals surface area (Å²) in [6.07, 6.45) is 0.942. The van der Waals surface area contributed by atoms with Gasteiger partial charge in [0.2, 0.25) is 0 Å². The molecule has 0 unspecified atom stereocenters. The molecule has 0 fully saturated rings. The number of halogens is 1. The smallest absolute Gasteiger partial charge is 0.117 e. The number of benzene rings is 1. The summed E-state index contributed by atoms with van der Waals surface area (Å²) in [6, 6.07) is 11.9. The van der Waals surface area contributed by atoms with Crippen molar-refractivity contribution in [1.82, 2.24) is 5.32 Å². The van der Waals surface area contributed by atoms with Crippen molar-refractivity contribution in [3.63, 3.8) is 0 Å². The van der Waals surface area contributed by atoms with Gasteiger partial charge in [-0.1, -0.05) is 30.7 Å². The van der Waals surface area contributed by atoms with Gasteiger partial charge < -0.3 is 9.73 Å². The largest absolute Gasteiger partial charge is 0.465 e. The molecular weight excluding hydrogens is 234 g/mol. The highest BCUT2D eigenvalue weighted by Gasteiger charge is 2.00. The molecule has 90 valence electrons. The minimum atomic E-state index is 0.753. The molecule has 3 heteroatoms. The van der Waals surface area contributed by atoms with Gasteiger partial charge in [-0.25, -0.2) is 0 Å². The predicted molar refractivity (Wildman–Crippen MR) is 70.1 cm³/mol. The molecule has 17 heavy (non-hydrogen) atoms. The molecule has 2 aromatic rings. The molecule has 0 aliphatic carbocycles. The molecule has 0 spiro atoms. The van der Waals surface area contributed by atoms with Crippen LogP contribution in [-0.2, 0) is 19.5 Å². The van der Waals surface area contributed by atoms with Crippen molar-refractivity contribution in [1.29, 1.82) is 0 Å². The monoisotopic (exact) mass is 249 g/mol. The lowest BCUT2D eigenvalue weighted by atomic mass is 10.2. The van der Waals surface area contributed by atoms with Crippen LogP contribution in [0.3, 0.4) is 0 Å². The molecule has 1 aromatic carbocycles. The molecule has 0 radical (unpaired) electrons. The number of furan rings is 1. The van der Waals surface area contributed by atoms with E-state index in [0.29, 0.717) is 0 Å². The Kier molecular flexibility index (Phi) is 4.24. The lowest BCUT2D eigenvalue weighted by Crippen LogP contribution is -2.11. The first-order chi connectivity index (χ1) is 8.28. The van der Waals surface area contributed by atoms with Crippen LogP contribution in [0.15, 0.2) is 40.8 Å². The molecule has 1 heterocycles. The van der Waals surface area contributed by atoms with E-state index in [9.17, 15) is 0 Å². The third kappa shape index (κ3) is 3.62. The van der Waals surface area contributed by atoms with Gasteiger partial charge in [0.1, 0.15) is 11.5 Å². The van der Waals surface area contributed by atoms with Gasteiger partial charge in [0, 0.05) is 18.0 Å². The van der Waals surface area contributed by atoms with Gasteiger partial charge in [-0.2, -0.15) is 0 Å². The maximum atomic E-state index is 5.82. The third-order valence-corrected chi connectivity index (χ3v) is 2.86. The molecule has 1 N–H and O–H groups in total. The van der Waals surface area contributed by atoms with Crippen molar-refractivity contribution < 1.29 is 4.42 Å². The van der Waals surface area contributed by atoms with Crippen LogP contribution in [0.25, 0.3) is 0 Å². The van der Waals surface area contributed by atoms with E-state index < -0.39 is 0 Å². The highest BCUT2D eigenvalue weighted by Crippen LogP contribution is 2.10. The van der Waals surface area contributed by atoms with E-state index in [1.54, 1.807) is 0 Å². The second kappa shape index (κ2) is 5.89. The fourth-order valence-corrected chi connectivity index (χ4v) is 1.77. The van der Waals surface area contributed by atoms with Gasteiger partial charge in [0.15, 0.2) is 0 Å². The maximum absolute atomic E-state index is 5.82. The first-order valence-electron chi connectivity index (χ1n) is 5.80. The first kappa shape index (κ1) is 12.2. The molecular formula is C14H16ClNO. The van der Waals surface area contributed by atoms with E-state index in [4.69, 9.17) is 16.0 Å². The summed E-state index contributed by atoms with van der Waals surface area (Å²) in [5, 5.41) is 4.11. The fourth-order valence-electron chi connectivity index (χ4n) is 1.64. The highest BCUT2D eigenvalue weighted by molar-refractivity contribution is 6.30. The van der Waals surface area contributed by atoms with Crippen LogP contribution < -0.4 is 5.32 Å². The van der Waals surface area contributed by atoms with Gasteiger partial charge >= 0.3 is 0 Å². The Bertz CT molecular complexity index is 461. The second-order valence-corrected chi connectivity index (χ2v) is 4.39. The summed E-state index contributed by atoms with van der Waals surface area (Å²) in [5.41, 5.74) is 1.22. The Labute approximate surface area is 107 Å². The van der Waals surface area contributed by atoms with E-state index >= 15 is 0 Å². The summed E-state index contributed by atoms with van der Waals surface area (Å²) >= 11 is 5.82. The second-order valence-electron chi connectivity index (χ2n) is 3.95. The Balaban J connectivity index is 1.81. The maximum Gasteiger partial charge on any atom is 0.117 e. The zero-order valence-electron chi connectivity index (χ0n) is 9.87. The average Bonchev–Trinajstić information content (AvgIpc) is 2.80. The summed E-state index contributed by atoms with van der Waals surface area (Å²) in [5.74, 6) is 2.02. The van der Waals surface area contributed by atoms with Crippen LogP contribution in [0.1, 0.15) is 24.0 Å². The van der Waals surface area contributed by atoms with Crippen molar-refractivity contribution in [2.45, 2.75) is 26.4 Å². The van der Waals surface area contributed by atoms with E-state index in [0.717, 1.165) is 36.1 Å². The van der Waals surface area contributed by atoms with E-state index in [2.05, 4.69) is 12.2 Å². The normalized spacial score (nSPS) is 10.7. The van der Waals surface area contributed by atoms with Gasteiger partial charge in [0.05, 0.1) is 6.54 Å². The van der Waals surface area contributed by atoms with Crippen LogP contribution in [0.5, 0.6) is 0 Å². The topological polar surface area (TPSA) is 25.2 Å². The SMILES string of the molecule is CCc1ccc(CNCc2ccc(Cl)cc2)o1. The number of rotatable bonds is 5. The quantitative estimate of drug-likeness (QED) is 0.872. The Morgan fingerprint density at radius 2 is 1.71 bits per heavy atom. The molecule has 1 aromatic heterocycles. The molecule has 0 bridgehead atoms. The Morgan fingerprint density at radius 1 is 1.00 bits per heavy atom. The highest BCUT2D eigenvalue weighted by atomic mass is 35.5. The zero-order valence-corrected chi connectivity index (χ0v) is 10.6. The minimum Gasteiger partial charge on any atom is -0.465 e. The van der Waals surface area contributed by atoms with Crippen molar-refractivity contribution >= 4 is 11.6 Å². The fraction of sp³-hybridized carbons (Fsp3) is 0.286. The van der Waals surface area contributed by atoms with Crippen LogP contribution in [0, 0.1) is 0 Å². The average molecular weight is 250 g/mol. The van der Waals surface area contributed by atoms with E-state index in [1.165, 1.54) is 5.56 Å². The number of aryl methyl sites for hydroxylation is 1. The zero-order chi connectivity index (χ0) is 12.1.